The van der Waals surface area contributed by atoms with Gasteiger partial charge in [0.05, 0.1) is 0 Å². The number of H-pyrrole nitrogens is 1. The molecule has 118 valence electrons. The summed E-state index contributed by atoms with van der Waals surface area (Å²) in [6.45, 7) is 2.14. The van der Waals surface area contributed by atoms with Gasteiger partial charge in [0.1, 0.15) is 0 Å². The molecule has 0 radical (unpaired) electrons. The molecule has 0 saturated carbocycles. The molecule has 0 amide bonds. The highest BCUT2D eigenvalue weighted by Crippen LogP contribution is 2.25. The fourth-order valence-corrected chi connectivity index (χ4v) is 3.50. The second kappa shape index (κ2) is 7.47. The average molecular weight is 324 g/mol. The molecule has 0 fully saturated rings. The van der Waals surface area contributed by atoms with Gasteiger partial charge in [0, 0.05) is 17.5 Å². The molecule has 4 heteroatoms. The Hall–Kier alpha value is -2.07. The van der Waals surface area contributed by atoms with E-state index in [1.54, 1.807) is 17.8 Å². The monoisotopic (exact) mass is 324 g/mol. The van der Waals surface area contributed by atoms with Crippen LogP contribution in [-0.2, 0) is 12.2 Å². The van der Waals surface area contributed by atoms with Crippen molar-refractivity contribution >= 4 is 22.5 Å². The lowest BCUT2D eigenvalue weighted by Gasteiger charge is -2.07. The van der Waals surface area contributed by atoms with Crippen LogP contribution in [-0.4, -0.2) is 9.97 Å². The molecule has 0 saturated heterocycles. The summed E-state index contributed by atoms with van der Waals surface area (Å²) < 4.78 is 0. The van der Waals surface area contributed by atoms with Crippen molar-refractivity contribution in [2.24, 2.45) is 0 Å². The fraction of sp³-hybridized carbons (Fsp3) is 0.263. The highest BCUT2D eigenvalue weighted by atomic mass is 32.2. The maximum Gasteiger partial charge on any atom is 0.251 e. The number of aromatic nitrogens is 2. The molecule has 1 N–H and O–H groups in total. The van der Waals surface area contributed by atoms with E-state index in [1.165, 1.54) is 16.3 Å². The summed E-state index contributed by atoms with van der Waals surface area (Å²) in [5.41, 5.74) is 2.08. The first-order valence-corrected chi connectivity index (χ1v) is 8.94. The highest BCUT2D eigenvalue weighted by Gasteiger charge is 2.05. The topological polar surface area (TPSA) is 45.8 Å². The van der Waals surface area contributed by atoms with Crippen LogP contribution in [0, 0.1) is 0 Å². The number of aryl methyl sites for hydroxylation is 1. The molecule has 0 aliphatic rings. The van der Waals surface area contributed by atoms with Crippen molar-refractivity contribution in [2.45, 2.75) is 37.1 Å². The average Bonchev–Trinajstić information content (AvgIpc) is 2.57. The summed E-state index contributed by atoms with van der Waals surface area (Å²) in [4.78, 5) is 19.2. The Bertz CT molecular complexity index is 852. The third-order valence-electron chi connectivity index (χ3n) is 3.80. The van der Waals surface area contributed by atoms with Crippen molar-refractivity contribution in [3.05, 3.63) is 70.1 Å². The van der Waals surface area contributed by atoms with Crippen LogP contribution in [0.25, 0.3) is 10.8 Å². The van der Waals surface area contributed by atoms with Crippen LogP contribution in [0.15, 0.2) is 58.5 Å². The Kier molecular flexibility index (Phi) is 5.13. The molecule has 2 aromatic carbocycles. The summed E-state index contributed by atoms with van der Waals surface area (Å²) in [6, 6.07) is 16.3. The lowest BCUT2D eigenvalue weighted by Crippen LogP contribution is -2.10. The van der Waals surface area contributed by atoms with E-state index in [0.29, 0.717) is 5.16 Å². The largest absolute Gasteiger partial charge is 0.301 e. The van der Waals surface area contributed by atoms with Gasteiger partial charge in [-0.3, -0.25) is 4.79 Å². The number of benzene rings is 2. The molecule has 0 atom stereocenters. The molecule has 0 aliphatic carbocycles. The van der Waals surface area contributed by atoms with E-state index in [2.05, 4.69) is 59.4 Å². The quantitative estimate of drug-likeness (QED) is 0.534. The molecule has 1 heterocycles. The Balaban J connectivity index is 1.79. The van der Waals surface area contributed by atoms with Gasteiger partial charge in [-0.05, 0) is 29.2 Å². The van der Waals surface area contributed by atoms with Crippen molar-refractivity contribution < 1.29 is 0 Å². The van der Waals surface area contributed by atoms with Gasteiger partial charge < -0.3 is 4.98 Å². The molecule has 3 rings (SSSR count). The number of thioether (sulfide) groups is 1. The third kappa shape index (κ3) is 4.02. The second-order valence-corrected chi connectivity index (χ2v) is 6.54. The molecule has 0 unspecified atom stereocenters. The first-order chi connectivity index (χ1) is 11.3. The number of hydrogen-bond donors (Lipinski definition) is 1. The minimum absolute atomic E-state index is 0.0634. The van der Waals surface area contributed by atoms with Crippen LogP contribution in [0.5, 0.6) is 0 Å². The maximum atomic E-state index is 11.8. The van der Waals surface area contributed by atoms with Crippen LogP contribution in [0.2, 0.25) is 0 Å². The fourth-order valence-electron chi connectivity index (χ4n) is 2.60. The van der Waals surface area contributed by atoms with E-state index < -0.39 is 0 Å². The van der Waals surface area contributed by atoms with Crippen LogP contribution >= 0.6 is 11.8 Å². The van der Waals surface area contributed by atoms with Gasteiger partial charge in [0.2, 0.25) is 0 Å². The molecule has 0 spiro atoms. The van der Waals surface area contributed by atoms with Gasteiger partial charge in [0.25, 0.3) is 5.56 Å². The van der Waals surface area contributed by atoms with E-state index in [0.717, 1.165) is 30.7 Å². The SMILES string of the molecule is CCCCc1cc(=O)[nH]c(SCc2cccc3ccccc23)n1. The van der Waals surface area contributed by atoms with Gasteiger partial charge in [-0.1, -0.05) is 67.6 Å². The van der Waals surface area contributed by atoms with Crippen LogP contribution in [0.1, 0.15) is 31.0 Å². The molecule has 0 bridgehead atoms. The zero-order valence-electron chi connectivity index (χ0n) is 13.2. The first kappa shape index (κ1) is 15.8. The standard InChI is InChI=1S/C19H20N2OS/c1-2-3-10-16-12-18(22)21-19(20-16)23-13-15-9-6-8-14-7-4-5-11-17(14)15/h4-9,11-12H,2-3,10,13H2,1H3,(H,20,21,22). The zero-order valence-corrected chi connectivity index (χ0v) is 14.0. The molecular formula is C19H20N2OS. The van der Waals surface area contributed by atoms with Gasteiger partial charge in [-0.25, -0.2) is 4.98 Å². The zero-order chi connectivity index (χ0) is 16.1. The highest BCUT2D eigenvalue weighted by molar-refractivity contribution is 7.98. The van der Waals surface area contributed by atoms with Gasteiger partial charge >= 0.3 is 0 Å². The maximum absolute atomic E-state index is 11.8. The minimum Gasteiger partial charge on any atom is -0.301 e. The number of fused-ring (bicyclic) bond motifs is 1. The molecule has 23 heavy (non-hydrogen) atoms. The molecule has 1 aromatic heterocycles. The van der Waals surface area contributed by atoms with Crippen molar-refractivity contribution in [1.82, 2.24) is 9.97 Å². The Morgan fingerprint density at radius 3 is 2.83 bits per heavy atom. The number of unbranched alkanes of at least 4 members (excludes halogenated alkanes) is 1. The predicted octanol–water partition coefficient (Wildman–Crippen LogP) is 4.56. The van der Waals surface area contributed by atoms with Crippen molar-refractivity contribution in [2.75, 3.05) is 0 Å². The number of nitrogens with one attached hydrogen (secondary N) is 1. The summed E-state index contributed by atoms with van der Waals surface area (Å²) >= 11 is 1.58. The van der Waals surface area contributed by atoms with Gasteiger partial charge in [-0.15, -0.1) is 0 Å². The van der Waals surface area contributed by atoms with Crippen molar-refractivity contribution in [3.8, 4) is 0 Å². The molecule has 3 nitrogen and oxygen atoms in total. The second-order valence-electron chi connectivity index (χ2n) is 5.57. The van der Waals surface area contributed by atoms with Gasteiger partial charge in [0.15, 0.2) is 5.16 Å². The Morgan fingerprint density at radius 2 is 1.96 bits per heavy atom. The summed E-state index contributed by atoms with van der Waals surface area (Å²) in [7, 11) is 0. The van der Waals surface area contributed by atoms with E-state index in [4.69, 9.17) is 0 Å². The molecule has 3 aromatic rings. The third-order valence-corrected chi connectivity index (χ3v) is 4.73. The smallest absolute Gasteiger partial charge is 0.251 e. The lowest BCUT2D eigenvalue weighted by molar-refractivity contribution is 0.752. The number of aromatic amines is 1. The van der Waals surface area contributed by atoms with Gasteiger partial charge in [-0.2, -0.15) is 0 Å². The molecular weight excluding hydrogens is 304 g/mol. The van der Waals surface area contributed by atoms with Crippen LogP contribution in [0.4, 0.5) is 0 Å². The Morgan fingerprint density at radius 1 is 1.13 bits per heavy atom. The normalized spacial score (nSPS) is 11.0. The van der Waals surface area contributed by atoms with Crippen molar-refractivity contribution in [1.29, 1.82) is 0 Å². The minimum atomic E-state index is -0.0634. The van der Waals surface area contributed by atoms with E-state index in [-0.39, 0.29) is 5.56 Å². The lowest BCUT2D eigenvalue weighted by atomic mass is 10.1. The van der Waals surface area contributed by atoms with E-state index in [9.17, 15) is 4.79 Å². The Labute approximate surface area is 140 Å². The van der Waals surface area contributed by atoms with E-state index >= 15 is 0 Å². The van der Waals surface area contributed by atoms with Crippen LogP contribution in [0.3, 0.4) is 0 Å². The van der Waals surface area contributed by atoms with Crippen molar-refractivity contribution in [3.63, 3.8) is 0 Å². The number of nitrogens with zero attached hydrogens (tertiary/aromatic N) is 1. The number of rotatable bonds is 6. The molecule has 0 aliphatic heterocycles. The summed E-state index contributed by atoms with van der Waals surface area (Å²) in [5, 5.41) is 3.20. The summed E-state index contributed by atoms with van der Waals surface area (Å²) in [6.07, 6.45) is 3.03. The summed E-state index contributed by atoms with van der Waals surface area (Å²) in [5.74, 6) is 0.793. The number of hydrogen-bond acceptors (Lipinski definition) is 3. The first-order valence-electron chi connectivity index (χ1n) is 7.96. The van der Waals surface area contributed by atoms with Crippen LogP contribution < -0.4 is 5.56 Å². The van der Waals surface area contributed by atoms with E-state index in [1.807, 2.05) is 0 Å². The predicted molar refractivity (Wildman–Crippen MR) is 97.0 cm³/mol.